The minimum Gasteiger partial charge on any atom is -0.349 e. The highest BCUT2D eigenvalue weighted by molar-refractivity contribution is 7.89. The topological polar surface area (TPSA) is 87.3 Å². The number of amides is 1. The van der Waals surface area contributed by atoms with Gasteiger partial charge in [0.25, 0.3) is 5.91 Å². The second-order valence-electron chi connectivity index (χ2n) is 7.08. The lowest BCUT2D eigenvalue weighted by molar-refractivity contribution is 0.0951. The molecule has 1 atom stereocenters. The fourth-order valence-electron chi connectivity index (χ4n) is 3.35. The van der Waals surface area contributed by atoms with Gasteiger partial charge < -0.3 is 10.6 Å². The number of sulfonamides is 1. The van der Waals surface area contributed by atoms with Crippen LogP contribution in [0.15, 0.2) is 53.4 Å². The molecule has 0 aromatic heterocycles. The van der Waals surface area contributed by atoms with Crippen LogP contribution in [-0.2, 0) is 16.4 Å². The zero-order valence-corrected chi connectivity index (χ0v) is 17.0. The Hall–Kier alpha value is -1.93. The van der Waals surface area contributed by atoms with Gasteiger partial charge in [0.1, 0.15) is 0 Å². The molecule has 2 aromatic carbocycles. The summed E-state index contributed by atoms with van der Waals surface area (Å²) >= 11 is 0. The Bertz CT molecular complexity index is 961. The molecule has 28 heavy (non-hydrogen) atoms. The van der Waals surface area contributed by atoms with Gasteiger partial charge >= 0.3 is 0 Å². The molecule has 150 valence electrons. The highest BCUT2D eigenvalue weighted by Crippen LogP contribution is 2.23. The van der Waals surface area contributed by atoms with E-state index in [0.29, 0.717) is 5.56 Å². The molecule has 3 N–H and O–H groups in total. The van der Waals surface area contributed by atoms with Gasteiger partial charge in [0, 0.05) is 24.2 Å². The Balaban J connectivity index is 0.00000225. The average Bonchev–Trinajstić information content (AvgIpc) is 3.50. The molecule has 0 radical (unpaired) electrons. The van der Waals surface area contributed by atoms with Gasteiger partial charge in [-0.1, -0.05) is 30.3 Å². The third-order valence-electron chi connectivity index (χ3n) is 5.01. The van der Waals surface area contributed by atoms with Crippen molar-refractivity contribution >= 4 is 28.3 Å². The van der Waals surface area contributed by atoms with Crippen molar-refractivity contribution in [2.75, 3.05) is 13.1 Å². The standard InChI is InChI=1S/C20H23N3O3S.ClH/c24-20(23-16-8-9-16)15-5-3-6-17(12-15)27(25,26)22-13-19-18-7-2-1-4-14(18)10-11-21-19;/h1-7,12,16,19,21-22H,8-11,13H2,(H,23,24);1H. The maximum Gasteiger partial charge on any atom is 0.251 e. The molecule has 4 rings (SSSR count). The molecule has 6 nitrogen and oxygen atoms in total. The molecule has 8 heteroatoms. The average molecular weight is 422 g/mol. The van der Waals surface area contributed by atoms with Crippen LogP contribution in [0.4, 0.5) is 0 Å². The first-order chi connectivity index (χ1) is 13.0. The number of rotatable bonds is 6. The maximum atomic E-state index is 12.7. The van der Waals surface area contributed by atoms with E-state index in [2.05, 4.69) is 21.4 Å². The van der Waals surface area contributed by atoms with Crippen LogP contribution in [0, 0.1) is 0 Å². The number of benzene rings is 2. The number of carbonyl (C=O) groups is 1. The summed E-state index contributed by atoms with van der Waals surface area (Å²) < 4.78 is 28.1. The molecule has 1 heterocycles. The van der Waals surface area contributed by atoms with E-state index in [1.54, 1.807) is 12.1 Å². The second kappa shape index (κ2) is 8.61. The fraction of sp³-hybridized carbons (Fsp3) is 0.350. The van der Waals surface area contributed by atoms with Gasteiger partial charge in [-0.25, -0.2) is 13.1 Å². The normalized spacial score (nSPS) is 18.6. The lowest BCUT2D eigenvalue weighted by Gasteiger charge is -2.27. The summed E-state index contributed by atoms with van der Waals surface area (Å²) in [5, 5.41) is 6.25. The van der Waals surface area contributed by atoms with Gasteiger partial charge in [-0.3, -0.25) is 4.79 Å². The molecule has 1 fully saturated rings. The van der Waals surface area contributed by atoms with Gasteiger partial charge in [-0.05, 0) is 55.1 Å². The SMILES string of the molecule is Cl.O=C(NC1CC1)c1cccc(S(=O)(=O)NCC2NCCc3ccccc32)c1. The third kappa shape index (κ3) is 4.72. The minimum atomic E-state index is -3.70. The molecule has 0 spiro atoms. The van der Waals surface area contributed by atoms with Crippen molar-refractivity contribution in [1.29, 1.82) is 0 Å². The predicted octanol–water partition coefficient (Wildman–Crippen LogP) is 2.17. The summed E-state index contributed by atoms with van der Waals surface area (Å²) in [6, 6.07) is 14.4. The second-order valence-corrected chi connectivity index (χ2v) is 8.85. The van der Waals surface area contributed by atoms with Crippen LogP contribution in [0.25, 0.3) is 0 Å². The van der Waals surface area contributed by atoms with Crippen LogP contribution < -0.4 is 15.4 Å². The molecule has 2 aromatic rings. The highest BCUT2D eigenvalue weighted by atomic mass is 35.5. The molecule has 0 saturated heterocycles. The summed E-state index contributed by atoms with van der Waals surface area (Å²) in [5.74, 6) is -0.225. The van der Waals surface area contributed by atoms with Crippen molar-refractivity contribution in [3.05, 3.63) is 65.2 Å². The van der Waals surface area contributed by atoms with E-state index < -0.39 is 10.0 Å². The van der Waals surface area contributed by atoms with E-state index in [-0.39, 0.29) is 41.8 Å². The molecule has 1 unspecified atom stereocenters. The third-order valence-corrected chi connectivity index (χ3v) is 6.43. The number of nitrogens with one attached hydrogen (secondary N) is 3. The van der Waals surface area contributed by atoms with Gasteiger partial charge in [0.2, 0.25) is 10.0 Å². The van der Waals surface area contributed by atoms with Crippen molar-refractivity contribution in [1.82, 2.24) is 15.4 Å². The minimum absolute atomic E-state index is 0. The lowest BCUT2D eigenvalue weighted by Crippen LogP contribution is -2.38. The highest BCUT2D eigenvalue weighted by Gasteiger charge is 2.25. The zero-order valence-electron chi connectivity index (χ0n) is 15.4. The Labute approximate surface area is 171 Å². The first-order valence-corrected chi connectivity index (χ1v) is 10.7. The molecule has 1 aliphatic carbocycles. The largest absolute Gasteiger partial charge is 0.349 e. The summed E-state index contributed by atoms with van der Waals surface area (Å²) in [6.45, 7) is 1.08. The van der Waals surface area contributed by atoms with Gasteiger partial charge in [0.05, 0.1) is 4.90 Å². The van der Waals surface area contributed by atoms with Crippen LogP contribution in [0.1, 0.15) is 40.4 Å². The Morgan fingerprint density at radius 3 is 2.68 bits per heavy atom. The number of fused-ring (bicyclic) bond motifs is 1. The summed E-state index contributed by atoms with van der Waals surface area (Å²) in [7, 11) is -3.70. The fourth-order valence-corrected chi connectivity index (χ4v) is 4.44. The number of carbonyl (C=O) groups excluding carboxylic acids is 1. The first-order valence-electron chi connectivity index (χ1n) is 9.25. The Morgan fingerprint density at radius 1 is 1.11 bits per heavy atom. The van der Waals surface area contributed by atoms with E-state index in [1.807, 2.05) is 18.2 Å². The molecule has 2 aliphatic rings. The van der Waals surface area contributed by atoms with E-state index in [0.717, 1.165) is 31.4 Å². The molecular weight excluding hydrogens is 398 g/mol. The van der Waals surface area contributed by atoms with Crippen molar-refractivity contribution in [2.45, 2.75) is 36.2 Å². The van der Waals surface area contributed by atoms with Crippen LogP contribution in [0.3, 0.4) is 0 Å². The van der Waals surface area contributed by atoms with Crippen LogP contribution in [-0.4, -0.2) is 33.5 Å². The Kier molecular flexibility index (Phi) is 6.40. The van der Waals surface area contributed by atoms with Crippen molar-refractivity contribution < 1.29 is 13.2 Å². The van der Waals surface area contributed by atoms with Crippen LogP contribution >= 0.6 is 12.4 Å². The maximum absolute atomic E-state index is 12.7. The molecule has 1 amide bonds. The smallest absolute Gasteiger partial charge is 0.251 e. The summed E-state index contributed by atoms with van der Waals surface area (Å²) in [6.07, 6.45) is 2.92. The monoisotopic (exact) mass is 421 g/mol. The van der Waals surface area contributed by atoms with Gasteiger partial charge in [0.15, 0.2) is 0 Å². The van der Waals surface area contributed by atoms with Crippen molar-refractivity contribution in [3.63, 3.8) is 0 Å². The van der Waals surface area contributed by atoms with Crippen LogP contribution in [0.5, 0.6) is 0 Å². The Morgan fingerprint density at radius 2 is 1.89 bits per heavy atom. The molecular formula is C20H24ClN3O3S. The van der Waals surface area contributed by atoms with Crippen molar-refractivity contribution in [3.8, 4) is 0 Å². The van der Waals surface area contributed by atoms with E-state index in [1.165, 1.54) is 17.7 Å². The molecule has 1 aliphatic heterocycles. The number of hydrogen-bond donors (Lipinski definition) is 3. The van der Waals surface area contributed by atoms with Crippen LogP contribution in [0.2, 0.25) is 0 Å². The lowest BCUT2D eigenvalue weighted by atomic mass is 9.95. The van der Waals surface area contributed by atoms with Gasteiger partial charge in [-0.2, -0.15) is 0 Å². The summed E-state index contributed by atoms with van der Waals surface area (Å²) in [5.41, 5.74) is 2.74. The molecule has 1 saturated carbocycles. The van der Waals surface area contributed by atoms with E-state index in [4.69, 9.17) is 0 Å². The van der Waals surface area contributed by atoms with Crippen molar-refractivity contribution in [2.24, 2.45) is 0 Å². The quantitative estimate of drug-likeness (QED) is 0.667. The molecule has 0 bridgehead atoms. The number of halogens is 1. The summed E-state index contributed by atoms with van der Waals surface area (Å²) in [4.78, 5) is 12.3. The van der Waals surface area contributed by atoms with E-state index >= 15 is 0 Å². The van der Waals surface area contributed by atoms with E-state index in [9.17, 15) is 13.2 Å². The predicted molar refractivity (Wildman–Crippen MR) is 110 cm³/mol. The number of hydrogen-bond acceptors (Lipinski definition) is 4. The zero-order chi connectivity index (χ0) is 18.9. The first kappa shape index (κ1) is 20.8. The van der Waals surface area contributed by atoms with Gasteiger partial charge in [-0.15, -0.1) is 12.4 Å².